The van der Waals surface area contributed by atoms with Crippen LogP contribution in [0.25, 0.3) is 11.3 Å². The minimum absolute atomic E-state index is 0.201. The highest BCUT2D eigenvalue weighted by Crippen LogP contribution is 2.33. The van der Waals surface area contributed by atoms with Gasteiger partial charge in [-0.1, -0.05) is 6.92 Å². The predicted molar refractivity (Wildman–Crippen MR) is 128 cm³/mol. The number of carbonyl (C=O) groups is 3. The number of amides is 3. The van der Waals surface area contributed by atoms with Crippen molar-refractivity contribution < 1.29 is 19.1 Å². The summed E-state index contributed by atoms with van der Waals surface area (Å²) in [5, 5.41) is 3.29. The molecule has 1 N–H and O–H groups in total. The van der Waals surface area contributed by atoms with Gasteiger partial charge < -0.3 is 4.74 Å². The van der Waals surface area contributed by atoms with E-state index in [-0.39, 0.29) is 29.3 Å². The van der Waals surface area contributed by atoms with Crippen LogP contribution in [0.4, 0.5) is 5.13 Å². The highest BCUT2D eigenvalue weighted by Gasteiger charge is 2.38. The van der Waals surface area contributed by atoms with Crippen LogP contribution in [0.1, 0.15) is 61.8 Å². The molecule has 1 aliphatic heterocycles. The monoisotopic (exact) mass is 463 g/mol. The van der Waals surface area contributed by atoms with Gasteiger partial charge in [-0.3, -0.25) is 24.6 Å². The first kappa shape index (κ1) is 22.7. The molecule has 0 radical (unpaired) electrons. The van der Waals surface area contributed by atoms with Crippen LogP contribution in [0.5, 0.6) is 5.75 Å². The number of nitrogens with zero attached hydrogens (tertiary/aromatic N) is 2. The Labute approximate surface area is 196 Å². The maximum atomic E-state index is 12.9. The standard InChI is InChI=1S/C25H25N3O4S/c1-6-14(3)28-23(30)18-9-7-17(12-19(18)24(28)31)22(29)27-25-26-21(15(4)33-25)16-8-10-20(32-5)13(2)11-16/h7-12,14H,6H2,1-5H3,(H,26,27,29). The zero-order chi connectivity index (χ0) is 23.9. The van der Waals surface area contributed by atoms with Crippen LogP contribution in [-0.4, -0.2) is 40.8 Å². The summed E-state index contributed by atoms with van der Waals surface area (Å²) < 4.78 is 5.32. The second-order valence-electron chi connectivity index (χ2n) is 8.06. The molecule has 2 heterocycles. The van der Waals surface area contributed by atoms with Gasteiger partial charge in [0.1, 0.15) is 5.75 Å². The topological polar surface area (TPSA) is 88.6 Å². The van der Waals surface area contributed by atoms with Crippen LogP contribution in [0.2, 0.25) is 0 Å². The van der Waals surface area contributed by atoms with E-state index in [9.17, 15) is 14.4 Å². The molecule has 3 amide bonds. The number of methoxy groups -OCH3 is 1. The van der Waals surface area contributed by atoms with Crippen LogP contribution in [0.3, 0.4) is 0 Å². The summed E-state index contributed by atoms with van der Waals surface area (Å²) in [5.74, 6) is -0.254. The smallest absolute Gasteiger partial charge is 0.261 e. The molecule has 8 heteroatoms. The van der Waals surface area contributed by atoms with Crippen molar-refractivity contribution in [2.45, 2.75) is 40.2 Å². The van der Waals surface area contributed by atoms with Crippen LogP contribution in [0, 0.1) is 13.8 Å². The number of carbonyl (C=O) groups excluding carboxylic acids is 3. The molecule has 170 valence electrons. The Morgan fingerprint density at radius 1 is 1.12 bits per heavy atom. The molecule has 33 heavy (non-hydrogen) atoms. The Hall–Kier alpha value is -3.52. The number of hydrogen-bond acceptors (Lipinski definition) is 6. The number of anilines is 1. The minimum Gasteiger partial charge on any atom is -0.496 e. The molecule has 7 nitrogen and oxygen atoms in total. The van der Waals surface area contributed by atoms with Crippen LogP contribution < -0.4 is 10.1 Å². The summed E-state index contributed by atoms with van der Waals surface area (Å²) in [7, 11) is 1.63. The molecule has 0 spiro atoms. The number of nitrogens with one attached hydrogen (secondary N) is 1. The Morgan fingerprint density at radius 2 is 1.85 bits per heavy atom. The Kier molecular flexibility index (Phi) is 6.03. The van der Waals surface area contributed by atoms with Gasteiger partial charge in [0.05, 0.1) is 23.9 Å². The van der Waals surface area contributed by atoms with Gasteiger partial charge in [-0.05, 0) is 69.2 Å². The zero-order valence-electron chi connectivity index (χ0n) is 19.2. The van der Waals surface area contributed by atoms with E-state index in [1.165, 1.54) is 22.3 Å². The summed E-state index contributed by atoms with van der Waals surface area (Å²) in [6.45, 7) is 7.67. The Bertz CT molecular complexity index is 1280. The largest absolute Gasteiger partial charge is 0.496 e. The molecule has 0 aliphatic carbocycles. The molecule has 1 aliphatic rings. The van der Waals surface area contributed by atoms with Crippen LogP contribution in [0.15, 0.2) is 36.4 Å². The van der Waals surface area contributed by atoms with Gasteiger partial charge in [0.2, 0.25) is 0 Å². The van der Waals surface area contributed by atoms with Crippen molar-refractivity contribution in [3.8, 4) is 17.0 Å². The van der Waals surface area contributed by atoms with Gasteiger partial charge in [-0.2, -0.15) is 0 Å². The lowest BCUT2D eigenvalue weighted by atomic mass is 10.1. The average Bonchev–Trinajstić information content (AvgIpc) is 3.29. The van der Waals surface area contributed by atoms with Crippen molar-refractivity contribution in [1.29, 1.82) is 0 Å². The number of rotatable bonds is 6. The molecule has 0 bridgehead atoms. The third-order valence-electron chi connectivity index (χ3n) is 5.90. The van der Waals surface area contributed by atoms with Gasteiger partial charge in [0.25, 0.3) is 17.7 Å². The molecule has 0 saturated heterocycles. The number of fused-ring (bicyclic) bond motifs is 1. The maximum absolute atomic E-state index is 12.9. The van der Waals surface area contributed by atoms with Crippen molar-refractivity contribution in [2.75, 3.05) is 12.4 Å². The summed E-state index contributed by atoms with van der Waals surface area (Å²) >= 11 is 1.38. The summed E-state index contributed by atoms with van der Waals surface area (Å²) in [5.41, 5.74) is 3.62. The molecule has 0 saturated carbocycles. The van der Waals surface area contributed by atoms with Crippen molar-refractivity contribution in [3.05, 3.63) is 63.5 Å². The van der Waals surface area contributed by atoms with Crippen molar-refractivity contribution in [3.63, 3.8) is 0 Å². The Morgan fingerprint density at radius 3 is 2.52 bits per heavy atom. The lowest BCUT2D eigenvalue weighted by Gasteiger charge is -2.20. The molecule has 3 aromatic rings. The zero-order valence-corrected chi connectivity index (χ0v) is 20.0. The summed E-state index contributed by atoms with van der Waals surface area (Å²) in [6.07, 6.45) is 0.665. The minimum atomic E-state index is -0.383. The van der Waals surface area contributed by atoms with Gasteiger partial charge in [-0.25, -0.2) is 4.98 Å². The summed E-state index contributed by atoms with van der Waals surface area (Å²) in [4.78, 5) is 45.1. The number of ether oxygens (including phenoxy) is 1. The second-order valence-corrected chi connectivity index (χ2v) is 9.26. The van der Waals surface area contributed by atoms with Gasteiger partial charge in [-0.15, -0.1) is 11.3 Å². The second kappa shape index (κ2) is 8.78. The number of aromatic nitrogens is 1. The fourth-order valence-electron chi connectivity index (χ4n) is 3.90. The fourth-order valence-corrected chi connectivity index (χ4v) is 4.73. The summed E-state index contributed by atoms with van der Waals surface area (Å²) in [6, 6.07) is 10.2. The first-order chi connectivity index (χ1) is 15.7. The number of thiazole rings is 1. The molecular weight excluding hydrogens is 438 g/mol. The SMILES string of the molecule is CCC(C)N1C(=O)c2ccc(C(=O)Nc3nc(-c4ccc(OC)c(C)c4)c(C)s3)cc2C1=O. The fraction of sp³-hybridized carbons (Fsp3) is 0.280. The van der Waals surface area contributed by atoms with Crippen molar-refractivity contribution >= 4 is 34.2 Å². The van der Waals surface area contributed by atoms with E-state index in [0.29, 0.717) is 22.7 Å². The quantitative estimate of drug-likeness (QED) is 0.515. The van der Waals surface area contributed by atoms with E-state index in [4.69, 9.17) is 4.74 Å². The number of hydrogen-bond donors (Lipinski definition) is 1. The van der Waals surface area contributed by atoms with E-state index >= 15 is 0 Å². The average molecular weight is 464 g/mol. The molecule has 1 aromatic heterocycles. The number of aryl methyl sites for hydroxylation is 2. The molecule has 1 unspecified atom stereocenters. The number of benzene rings is 2. The van der Waals surface area contributed by atoms with E-state index in [1.54, 1.807) is 19.2 Å². The third kappa shape index (κ3) is 4.02. The van der Waals surface area contributed by atoms with E-state index < -0.39 is 0 Å². The van der Waals surface area contributed by atoms with Crippen LogP contribution in [-0.2, 0) is 0 Å². The van der Waals surface area contributed by atoms with E-state index in [0.717, 1.165) is 27.4 Å². The third-order valence-corrected chi connectivity index (χ3v) is 6.78. The first-order valence-corrected chi connectivity index (χ1v) is 11.5. The first-order valence-electron chi connectivity index (χ1n) is 10.7. The van der Waals surface area contributed by atoms with Gasteiger partial charge in [0, 0.05) is 22.0 Å². The normalized spacial score (nSPS) is 13.8. The molecular formula is C25H25N3O4S. The molecule has 4 rings (SSSR count). The number of imide groups is 1. The van der Waals surface area contributed by atoms with E-state index in [1.807, 2.05) is 45.9 Å². The lowest BCUT2D eigenvalue weighted by molar-refractivity contribution is 0.0593. The molecule has 1 atom stereocenters. The maximum Gasteiger partial charge on any atom is 0.261 e. The van der Waals surface area contributed by atoms with Gasteiger partial charge >= 0.3 is 0 Å². The highest BCUT2D eigenvalue weighted by atomic mass is 32.1. The van der Waals surface area contributed by atoms with Gasteiger partial charge in [0.15, 0.2) is 5.13 Å². The molecule has 2 aromatic carbocycles. The van der Waals surface area contributed by atoms with Crippen LogP contribution >= 0.6 is 11.3 Å². The molecule has 0 fully saturated rings. The van der Waals surface area contributed by atoms with Crippen molar-refractivity contribution in [1.82, 2.24) is 9.88 Å². The Balaban J connectivity index is 1.57. The van der Waals surface area contributed by atoms with Crippen molar-refractivity contribution in [2.24, 2.45) is 0 Å². The van der Waals surface area contributed by atoms with E-state index in [2.05, 4.69) is 10.3 Å². The highest BCUT2D eigenvalue weighted by molar-refractivity contribution is 7.16. The lowest BCUT2D eigenvalue weighted by Crippen LogP contribution is -2.37. The predicted octanol–water partition coefficient (Wildman–Crippen LogP) is 5.08.